The molecule has 0 aliphatic heterocycles. The van der Waals surface area contributed by atoms with Gasteiger partial charge in [-0.25, -0.2) is 4.98 Å². The SMILES string of the molecule is CCCN(CCCN)c1nccc(OCC)n1. The molecule has 5 heteroatoms. The molecule has 0 aromatic carbocycles. The summed E-state index contributed by atoms with van der Waals surface area (Å²) in [4.78, 5) is 10.8. The lowest BCUT2D eigenvalue weighted by Crippen LogP contribution is -2.28. The normalized spacial score (nSPS) is 10.3. The van der Waals surface area contributed by atoms with Crippen molar-refractivity contribution in [3.8, 4) is 5.88 Å². The minimum atomic E-state index is 0.618. The summed E-state index contributed by atoms with van der Waals surface area (Å²) in [5.74, 6) is 1.36. The number of hydrogen-bond donors (Lipinski definition) is 1. The third kappa shape index (κ3) is 4.56. The van der Waals surface area contributed by atoms with E-state index in [1.54, 1.807) is 12.3 Å². The summed E-state index contributed by atoms with van der Waals surface area (Å²) in [6.45, 7) is 7.22. The topological polar surface area (TPSA) is 64.3 Å². The molecular formula is C12H22N4O. The Morgan fingerprint density at radius 2 is 2.18 bits per heavy atom. The predicted molar refractivity (Wildman–Crippen MR) is 69.4 cm³/mol. The monoisotopic (exact) mass is 238 g/mol. The molecule has 2 N–H and O–H groups in total. The molecule has 0 bridgehead atoms. The Bertz CT molecular complexity index is 319. The van der Waals surface area contributed by atoms with Gasteiger partial charge in [0.1, 0.15) is 0 Å². The van der Waals surface area contributed by atoms with Crippen LogP contribution in [0.3, 0.4) is 0 Å². The summed E-state index contributed by atoms with van der Waals surface area (Å²) >= 11 is 0. The highest BCUT2D eigenvalue weighted by molar-refractivity contribution is 5.31. The zero-order valence-corrected chi connectivity index (χ0v) is 10.7. The highest BCUT2D eigenvalue weighted by atomic mass is 16.5. The van der Waals surface area contributed by atoms with Crippen molar-refractivity contribution >= 4 is 5.95 Å². The van der Waals surface area contributed by atoms with Crippen LogP contribution < -0.4 is 15.4 Å². The van der Waals surface area contributed by atoms with Gasteiger partial charge in [-0.1, -0.05) is 6.92 Å². The Kier molecular flexibility index (Phi) is 6.32. The van der Waals surface area contributed by atoms with E-state index >= 15 is 0 Å². The van der Waals surface area contributed by atoms with Crippen molar-refractivity contribution in [1.82, 2.24) is 9.97 Å². The maximum atomic E-state index is 5.54. The van der Waals surface area contributed by atoms with E-state index < -0.39 is 0 Å². The van der Waals surface area contributed by atoms with Crippen LogP contribution in [0.1, 0.15) is 26.7 Å². The maximum absolute atomic E-state index is 5.54. The third-order valence-corrected chi connectivity index (χ3v) is 2.32. The minimum absolute atomic E-state index is 0.618. The molecular weight excluding hydrogens is 216 g/mol. The highest BCUT2D eigenvalue weighted by Crippen LogP contribution is 2.13. The van der Waals surface area contributed by atoms with Crippen molar-refractivity contribution < 1.29 is 4.74 Å². The van der Waals surface area contributed by atoms with Crippen molar-refractivity contribution in [2.24, 2.45) is 5.73 Å². The fraction of sp³-hybridized carbons (Fsp3) is 0.667. The quantitative estimate of drug-likeness (QED) is 0.742. The van der Waals surface area contributed by atoms with Crippen LogP contribution >= 0.6 is 0 Å². The van der Waals surface area contributed by atoms with E-state index in [1.165, 1.54) is 0 Å². The third-order valence-electron chi connectivity index (χ3n) is 2.32. The van der Waals surface area contributed by atoms with Gasteiger partial charge in [0.15, 0.2) is 0 Å². The van der Waals surface area contributed by atoms with Gasteiger partial charge in [-0.15, -0.1) is 0 Å². The molecule has 1 aromatic rings. The largest absolute Gasteiger partial charge is 0.478 e. The zero-order valence-electron chi connectivity index (χ0n) is 10.7. The van der Waals surface area contributed by atoms with E-state index in [4.69, 9.17) is 10.5 Å². The first-order valence-electron chi connectivity index (χ1n) is 6.22. The summed E-state index contributed by atoms with van der Waals surface area (Å²) < 4.78 is 5.38. The molecule has 0 unspecified atom stereocenters. The van der Waals surface area contributed by atoms with Crippen molar-refractivity contribution in [3.63, 3.8) is 0 Å². The van der Waals surface area contributed by atoms with E-state index in [9.17, 15) is 0 Å². The molecule has 17 heavy (non-hydrogen) atoms. The van der Waals surface area contributed by atoms with E-state index in [0.29, 0.717) is 19.0 Å². The molecule has 1 rings (SSSR count). The van der Waals surface area contributed by atoms with Gasteiger partial charge < -0.3 is 15.4 Å². The van der Waals surface area contributed by atoms with Gasteiger partial charge in [0, 0.05) is 25.4 Å². The van der Waals surface area contributed by atoms with Crippen LogP contribution in [0.25, 0.3) is 0 Å². The summed E-state index contributed by atoms with van der Waals surface area (Å²) in [5, 5.41) is 0. The van der Waals surface area contributed by atoms with Crippen molar-refractivity contribution in [1.29, 1.82) is 0 Å². The number of rotatable bonds is 8. The lowest BCUT2D eigenvalue weighted by atomic mass is 10.3. The summed E-state index contributed by atoms with van der Waals surface area (Å²) in [5.41, 5.74) is 5.54. The van der Waals surface area contributed by atoms with Crippen LogP contribution in [-0.2, 0) is 0 Å². The fourth-order valence-corrected chi connectivity index (χ4v) is 1.58. The van der Waals surface area contributed by atoms with Crippen molar-refractivity contribution in [3.05, 3.63) is 12.3 Å². The highest BCUT2D eigenvalue weighted by Gasteiger charge is 2.09. The van der Waals surface area contributed by atoms with Crippen molar-refractivity contribution in [2.45, 2.75) is 26.7 Å². The number of nitrogens with zero attached hydrogens (tertiary/aromatic N) is 3. The second-order valence-corrected chi connectivity index (χ2v) is 3.76. The van der Waals surface area contributed by atoms with Gasteiger partial charge >= 0.3 is 0 Å². The number of hydrogen-bond acceptors (Lipinski definition) is 5. The van der Waals surface area contributed by atoms with Gasteiger partial charge in [-0.05, 0) is 26.3 Å². The molecule has 1 aromatic heterocycles. The minimum Gasteiger partial charge on any atom is -0.478 e. The average molecular weight is 238 g/mol. The summed E-state index contributed by atoms with van der Waals surface area (Å²) in [6, 6.07) is 1.78. The van der Waals surface area contributed by atoms with Gasteiger partial charge in [0.2, 0.25) is 11.8 Å². The molecule has 0 saturated carbocycles. The lowest BCUT2D eigenvalue weighted by Gasteiger charge is -2.21. The summed E-state index contributed by atoms with van der Waals surface area (Å²) in [7, 11) is 0. The Hall–Kier alpha value is -1.36. The molecule has 0 fully saturated rings. The van der Waals surface area contributed by atoms with Crippen LogP contribution in [0, 0.1) is 0 Å². The molecule has 0 amide bonds. The number of nitrogens with two attached hydrogens (primary N) is 1. The summed E-state index contributed by atoms with van der Waals surface area (Å²) in [6.07, 6.45) is 3.74. The number of ether oxygens (including phenoxy) is 1. The Labute approximate surface area is 103 Å². The molecule has 0 aliphatic rings. The fourth-order valence-electron chi connectivity index (χ4n) is 1.58. The van der Waals surface area contributed by atoms with Crippen LogP contribution in [0.4, 0.5) is 5.95 Å². The molecule has 0 spiro atoms. The first-order valence-corrected chi connectivity index (χ1v) is 6.22. The molecule has 1 heterocycles. The van der Waals surface area contributed by atoms with Crippen LogP contribution in [0.5, 0.6) is 5.88 Å². The molecule has 0 atom stereocenters. The molecule has 0 aliphatic carbocycles. The molecule has 0 saturated heterocycles. The van der Waals surface area contributed by atoms with E-state index in [2.05, 4.69) is 21.8 Å². The average Bonchev–Trinajstić information content (AvgIpc) is 2.35. The van der Waals surface area contributed by atoms with Crippen LogP contribution in [-0.4, -0.2) is 36.2 Å². The predicted octanol–water partition coefficient (Wildman–Crippen LogP) is 1.44. The Morgan fingerprint density at radius 1 is 1.35 bits per heavy atom. The van der Waals surface area contributed by atoms with Crippen LogP contribution in [0.15, 0.2) is 12.3 Å². The maximum Gasteiger partial charge on any atom is 0.228 e. The van der Waals surface area contributed by atoms with E-state index in [1.807, 2.05) is 6.92 Å². The smallest absolute Gasteiger partial charge is 0.228 e. The second-order valence-electron chi connectivity index (χ2n) is 3.76. The van der Waals surface area contributed by atoms with Crippen molar-refractivity contribution in [2.75, 3.05) is 31.1 Å². The molecule has 5 nitrogen and oxygen atoms in total. The number of anilines is 1. The molecule has 0 radical (unpaired) electrons. The lowest BCUT2D eigenvalue weighted by molar-refractivity contribution is 0.326. The van der Waals surface area contributed by atoms with E-state index in [-0.39, 0.29) is 0 Å². The first-order chi connectivity index (χ1) is 8.31. The van der Waals surface area contributed by atoms with Gasteiger partial charge in [0.25, 0.3) is 0 Å². The Morgan fingerprint density at radius 3 is 2.82 bits per heavy atom. The second kappa shape index (κ2) is 7.84. The van der Waals surface area contributed by atoms with Crippen LogP contribution in [0.2, 0.25) is 0 Å². The standard InChI is InChI=1S/C12H22N4O/c1-3-9-16(10-5-7-13)12-14-8-6-11(15-12)17-4-2/h6,8H,3-5,7,9-10,13H2,1-2H3. The first kappa shape index (κ1) is 13.7. The van der Waals surface area contributed by atoms with E-state index in [0.717, 1.165) is 31.9 Å². The van der Waals surface area contributed by atoms with Gasteiger partial charge in [0.05, 0.1) is 6.61 Å². The Balaban J connectivity index is 2.73. The molecule has 96 valence electrons. The zero-order chi connectivity index (χ0) is 12.5. The van der Waals surface area contributed by atoms with Gasteiger partial charge in [-0.2, -0.15) is 4.98 Å². The van der Waals surface area contributed by atoms with Gasteiger partial charge in [-0.3, -0.25) is 0 Å². The number of aromatic nitrogens is 2.